The summed E-state index contributed by atoms with van der Waals surface area (Å²) in [7, 11) is 0. The molecule has 0 saturated heterocycles. The molecule has 0 saturated carbocycles. The molecule has 0 bridgehead atoms. The lowest BCUT2D eigenvalue weighted by Gasteiger charge is -2.32. The average Bonchev–Trinajstić information content (AvgIpc) is 2.65. The van der Waals surface area contributed by atoms with Crippen LogP contribution in [0.15, 0.2) is 36.5 Å². The van der Waals surface area contributed by atoms with Crippen LogP contribution in [0.2, 0.25) is 0 Å². The standard InChI is InChI=1S/C24H38O7/c1-16(7-6-8-18(3)25)9-11-21-17(2)10-12-22(30-19(4)26)24(5,29)14-13-20(27)15-23(28)31-21/h6,8-12,16-18,20-22,25,27,29H,7,13-15H2,1-5H3/b8-6+,11-9+,12-10+. The SMILES string of the molecule is CC(=O)OC1/C=C/C(C)C(/C=C/C(C)C/C=C/C(C)O)OC(=O)CC(O)CCC1(C)O. The molecule has 0 aliphatic carbocycles. The van der Waals surface area contributed by atoms with Crippen LogP contribution in [0, 0.1) is 11.8 Å². The number of allylic oxidation sites excluding steroid dienone is 2. The molecular weight excluding hydrogens is 400 g/mol. The highest BCUT2D eigenvalue weighted by molar-refractivity contribution is 5.70. The van der Waals surface area contributed by atoms with E-state index in [1.807, 2.05) is 32.1 Å². The Hall–Kier alpha value is -1.96. The van der Waals surface area contributed by atoms with Crippen LogP contribution in [0.1, 0.15) is 60.3 Å². The molecule has 0 amide bonds. The number of hydrogen-bond donors (Lipinski definition) is 3. The topological polar surface area (TPSA) is 113 Å². The summed E-state index contributed by atoms with van der Waals surface area (Å²) < 4.78 is 10.9. The van der Waals surface area contributed by atoms with E-state index < -0.39 is 42.0 Å². The van der Waals surface area contributed by atoms with Gasteiger partial charge in [-0.3, -0.25) is 9.59 Å². The van der Waals surface area contributed by atoms with Crippen molar-refractivity contribution in [3.05, 3.63) is 36.5 Å². The van der Waals surface area contributed by atoms with Gasteiger partial charge in [0, 0.05) is 12.8 Å². The zero-order valence-electron chi connectivity index (χ0n) is 19.2. The van der Waals surface area contributed by atoms with Gasteiger partial charge in [0.2, 0.25) is 0 Å². The van der Waals surface area contributed by atoms with E-state index in [1.54, 1.807) is 32.1 Å². The Bertz CT molecular complexity index is 663. The molecule has 176 valence electrons. The number of carbonyl (C=O) groups is 2. The third-order valence-corrected chi connectivity index (χ3v) is 5.22. The summed E-state index contributed by atoms with van der Waals surface area (Å²) >= 11 is 0. The van der Waals surface area contributed by atoms with Crippen molar-refractivity contribution in [1.29, 1.82) is 0 Å². The maximum absolute atomic E-state index is 12.3. The van der Waals surface area contributed by atoms with E-state index in [2.05, 4.69) is 0 Å². The first-order valence-corrected chi connectivity index (χ1v) is 10.9. The van der Waals surface area contributed by atoms with E-state index in [4.69, 9.17) is 9.47 Å². The monoisotopic (exact) mass is 438 g/mol. The maximum atomic E-state index is 12.3. The van der Waals surface area contributed by atoms with Crippen LogP contribution in [-0.4, -0.2) is 57.3 Å². The fourth-order valence-corrected chi connectivity index (χ4v) is 3.22. The number of carbonyl (C=O) groups excluding carboxylic acids is 2. The Morgan fingerprint density at radius 2 is 2.03 bits per heavy atom. The molecule has 7 heteroatoms. The highest BCUT2D eigenvalue weighted by Gasteiger charge is 2.34. The predicted octanol–water partition coefficient (Wildman–Crippen LogP) is 2.84. The second-order valence-corrected chi connectivity index (χ2v) is 8.75. The van der Waals surface area contributed by atoms with Gasteiger partial charge in [0.15, 0.2) is 0 Å². The van der Waals surface area contributed by atoms with E-state index >= 15 is 0 Å². The minimum Gasteiger partial charge on any atom is -0.457 e. The second-order valence-electron chi connectivity index (χ2n) is 8.75. The second kappa shape index (κ2) is 12.8. The molecule has 0 spiro atoms. The molecule has 0 aromatic heterocycles. The van der Waals surface area contributed by atoms with Crippen LogP contribution in [0.4, 0.5) is 0 Å². The number of cyclic esters (lactones) is 1. The molecule has 0 aromatic carbocycles. The fraction of sp³-hybridized carbons (Fsp3) is 0.667. The first-order valence-electron chi connectivity index (χ1n) is 10.9. The molecule has 7 atom stereocenters. The molecule has 1 aliphatic heterocycles. The normalized spacial score (nSPS) is 33.9. The number of rotatable bonds is 6. The van der Waals surface area contributed by atoms with Gasteiger partial charge in [-0.05, 0) is 51.2 Å². The van der Waals surface area contributed by atoms with E-state index in [-0.39, 0.29) is 31.1 Å². The van der Waals surface area contributed by atoms with Gasteiger partial charge in [0.1, 0.15) is 17.8 Å². The van der Waals surface area contributed by atoms with E-state index in [0.29, 0.717) is 0 Å². The molecule has 1 heterocycles. The average molecular weight is 439 g/mol. The highest BCUT2D eigenvalue weighted by atomic mass is 16.6. The van der Waals surface area contributed by atoms with Crippen molar-refractivity contribution >= 4 is 11.9 Å². The molecule has 0 fully saturated rings. The summed E-state index contributed by atoms with van der Waals surface area (Å²) in [4.78, 5) is 23.8. The van der Waals surface area contributed by atoms with Crippen LogP contribution in [0.25, 0.3) is 0 Å². The largest absolute Gasteiger partial charge is 0.457 e. The van der Waals surface area contributed by atoms with Crippen molar-refractivity contribution in [1.82, 2.24) is 0 Å². The van der Waals surface area contributed by atoms with Crippen molar-refractivity contribution in [3.8, 4) is 0 Å². The Kier molecular flexibility index (Phi) is 11.2. The van der Waals surface area contributed by atoms with Crippen LogP contribution < -0.4 is 0 Å². The first-order chi connectivity index (χ1) is 14.4. The summed E-state index contributed by atoms with van der Waals surface area (Å²) in [5.74, 6) is -1.13. The molecule has 0 aromatic rings. The van der Waals surface area contributed by atoms with Crippen LogP contribution in [0.3, 0.4) is 0 Å². The molecular formula is C24H38O7. The molecule has 3 N–H and O–H groups in total. The van der Waals surface area contributed by atoms with Crippen molar-refractivity contribution < 1.29 is 34.4 Å². The van der Waals surface area contributed by atoms with Crippen molar-refractivity contribution in [2.75, 3.05) is 0 Å². The van der Waals surface area contributed by atoms with E-state index in [9.17, 15) is 24.9 Å². The summed E-state index contributed by atoms with van der Waals surface area (Å²) in [6.07, 6.45) is 8.68. The van der Waals surface area contributed by atoms with Gasteiger partial charge in [-0.25, -0.2) is 0 Å². The summed E-state index contributed by atoms with van der Waals surface area (Å²) in [5.41, 5.74) is -1.39. The van der Waals surface area contributed by atoms with Gasteiger partial charge >= 0.3 is 11.9 Å². The molecule has 1 aliphatic rings. The van der Waals surface area contributed by atoms with Gasteiger partial charge in [0.25, 0.3) is 0 Å². The molecule has 7 nitrogen and oxygen atoms in total. The van der Waals surface area contributed by atoms with Gasteiger partial charge in [-0.15, -0.1) is 0 Å². The minimum absolute atomic E-state index is 0.152. The Morgan fingerprint density at radius 1 is 1.35 bits per heavy atom. The molecule has 31 heavy (non-hydrogen) atoms. The zero-order valence-corrected chi connectivity index (χ0v) is 19.2. The molecule has 7 unspecified atom stereocenters. The van der Waals surface area contributed by atoms with Gasteiger partial charge in [-0.1, -0.05) is 38.2 Å². The van der Waals surface area contributed by atoms with Crippen LogP contribution >= 0.6 is 0 Å². The third-order valence-electron chi connectivity index (χ3n) is 5.22. The van der Waals surface area contributed by atoms with Crippen LogP contribution in [0.5, 0.6) is 0 Å². The summed E-state index contributed by atoms with van der Waals surface area (Å²) in [5, 5.41) is 30.3. The quantitative estimate of drug-likeness (QED) is 0.432. The number of esters is 2. The predicted molar refractivity (Wildman–Crippen MR) is 118 cm³/mol. The number of ether oxygens (including phenoxy) is 2. The highest BCUT2D eigenvalue weighted by Crippen LogP contribution is 2.25. The third kappa shape index (κ3) is 10.8. The maximum Gasteiger partial charge on any atom is 0.309 e. The lowest BCUT2D eigenvalue weighted by Crippen LogP contribution is -2.42. The Morgan fingerprint density at radius 3 is 2.65 bits per heavy atom. The fourth-order valence-electron chi connectivity index (χ4n) is 3.22. The minimum atomic E-state index is -1.39. The first kappa shape index (κ1) is 27.1. The smallest absolute Gasteiger partial charge is 0.309 e. The van der Waals surface area contributed by atoms with Crippen LogP contribution in [-0.2, 0) is 19.1 Å². The summed E-state index contributed by atoms with van der Waals surface area (Å²) in [6.45, 7) is 8.38. The summed E-state index contributed by atoms with van der Waals surface area (Å²) in [6, 6.07) is 0. The van der Waals surface area contributed by atoms with Crippen molar-refractivity contribution in [3.63, 3.8) is 0 Å². The van der Waals surface area contributed by atoms with Gasteiger partial charge in [0.05, 0.1) is 18.6 Å². The van der Waals surface area contributed by atoms with E-state index in [0.717, 1.165) is 6.42 Å². The van der Waals surface area contributed by atoms with E-state index in [1.165, 1.54) is 6.92 Å². The number of hydrogen-bond acceptors (Lipinski definition) is 7. The van der Waals surface area contributed by atoms with Crippen molar-refractivity contribution in [2.45, 2.75) is 90.3 Å². The zero-order chi connectivity index (χ0) is 23.6. The lowest BCUT2D eigenvalue weighted by atomic mass is 9.89. The van der Waals surface area contributed by atoms with Crippen molar-refractivity contribution in [2.24, 2.45) is 11.8 Å². The Labute approximate surface area is 185 Å². The number of aliphatic hydroxyl groups excluding tert-OH is 2. The lowest BCUT2D eigenvalue weighted by molar-refractivity contribution is -0.157. The van der Waals surface area contributed by atoms with Gasteiger partial charge in [-0.2, -0.15) is 0 Å². The Balaban J connectivity index is 3.07. The molecule has 0 radical (unpaired) electrons. The van der Waals surface area contributed by atoms with Gasteiger partial charge < -0.3 is 24.8 Å². The molecule has 1 rings (SSSR count). The number of aliphatic hydroxyl groups is 3.